The topological polar surface area (TPSA) is 49.2 Å². The van der Waals surface area contributed by atoms with Crippen molar-refractivity contribution < 1.29 is 9.47 Å². The van der Waals surface area contributed by atoms with Crippen molar-refractivity contribution in [2.45, 2.75) is 0 Å². The lowest BCUT2D eigenvalue weighted by atomic mass is 10.1. The molecule has 0 aliphatic carbocycles. The second kappa shape index (κ2) is 4.85. The van der Waals surface area contributed by atoms with Gasteiger partial charge in [0, 0.05) is 13.2 Å². The second-order valence-electron chi connectivity index (χ2n) is 4.43. The molecule has 0 saturated heterocycles. The molecule has 102 valence electrons. The Morgan fingerprint density at radius 2 is 1.95 bits per heavy atom. The molecule has 0 radical (unpaired) electrons. The standard InChI is InChI=1S/C15H15N3O2/c1-18-13-6-7-16-9-12(13)17-15(18)11-8-10(19-2)4-5-14(11)20-3/h4-9H,1-3H3. The zero-order valence-corrected chi connectivity index (χ0v) is 11.6. The van der Waals surface area contributed by atoms with Crippen LogP contribution in [-0.4, -0.2) is 28.8 Å². The Bertz CT molecular complexity index is 765. The second-order valence-corrected chi connectivity index (χ2v) is 4.43. The van der Waals surface area contributed by atoms with Crippen LogP contribution in [0.25, 0.3) is 22.4 Å². The lowest BCUT2D eigenvalue weighted by Crippen LogP contribution is -1.96. The first-order chi connectivity index (χ1) is 9.74. The first-order valence-corrected chi connectivity index (χ1v) is 6.23. The first-order valence-electron chi connectivity index (χ1n) is 6.23. The number of methoxy groups -OCH3 is 2. The minimum absolute atomic E-state index is 0.761. The summed E-state index contributed by atoms with van der Waals surface area (Å²) in [6.45, 7) is 0. The molecule has 0 aliphatic heterocycles. The number of benzene rings is 1. The summed E-state index contributed by atoms with van der Waals surface area (Å²) in [7, 11) is 5.27. The lowest BCUT2D eigenvalue weighted by molar-refractivity contribution is 0.404. The van der Waals surface area contributed by atoms with E-state index >= 15 is 0 Å². The van der Waals surface area contributed by atoms with Gasteiger partial charge in [0.25, 0.3) is 0 Å². The predicted molar refractivity (Wildman–Crippen MR) is 77.0 cm³/mol. The summed E-state index contributed by atoms with van der Waals surface area (Å²) < 4.78 is 12.7. The van der Waals surface area contributed by atoms with Crippen LogP contribution >= 0.6 is 0 Å². The Balaban J connectivity index is 2.26. The quantitative estimate of drug-likeness (QED) is 0.733. The van der Waals surface area contributed by atoms with Crippen LogP contribution in [0.3, 0.4) is 0 Å². The fourth-order valence-electron chi connectivity index (χ4n) is 2.28. The normalized spacial score (nSPS) is 10.8. The van der Waals surface area contributed by atoms with E-state index in [1.807, 2.05) is 35.9 Å². The molecule has 0 N–H and O–H groups in total. The number of nitrogens with zero attached hydrogens (tertiary/aromatic N) is 3. The van der Waals surface area contributed by atoms with Gasteiger partial charge in [0.1, 0.15) is 22.8 Å². The summed E-state index contributed by atoms with van der Waals surface area (Å²) in [6, 6.07) is 7.62. The highest BCUT2D eigenvalue weighted by Gasteiger charge is 2.15. The van der Waals surface area contributed by atoms with Gasteiger partial charge in [-0.15, -0.1) is 0 Å². The van der Waals surface area contributed by atoms with E-state index in [-0.39, 0.29) is 0 Å². The minimum Gasteiger partial charge on any atom is -0.497 e. The Kier molecular flexibility index (Phi) is 3.02. The van der Waals surface area contributed by atoms with Gasteiger partial charge >= 0.3 is 0 Å². The summed E-state index contributed by atoms with van der Waals surface area (Å²) in [5, 5.41) is 0. The van der Waals surface area contributed by atoms with E-state index < -0.39 is 0 Å². The van der Waals surface area contributed by atoms with Gasteiger partial charge in [-0.25, -0.2) is 4.98 Å². The number of aryl methyl sites for hydroxylation is 1. The maximum absolute atomic E-state index is 5.43. The van der Waals surface area contributed by atoms with E-state index in [1.54, 1.807) is 26.6 Å². The third-order valence-electron chi connectivity index (χ3n) is 3.33. The van der Waals surface area contributed by atoms with Gasteiger partial charge < -0.3 is 14.0 Å². The highest BCUT2D eigenvalue weighted by molar-refractivity contribution is 5.81. The van der Waals surface area contributed by atoms with Gasteiger partial charge in [-0.05, 0) is 24.3 Å². The molecule has 2 aromatic heterocycles. The molecule has 5 heteroatoms. The number of pyridine rings is 1. The molecule has 0 spiro atoms. The molecule has 0 fully saturated rings. The Labute approximate surface area is 116 Å². The maximum Gasteiger partial charge on any atom is 0.144 e. The van der Waals surface area contributed by atoms with Crippen LogP contribution in [0.15, 0.2) is 36.7 Å². The summed E-state index contributed by atoms with van der Waals surface area (Å²) >= 11 is 0. The highest BCUT2D eigenvalue weighted by Crippen LogP contribution is 2.33. The molecule has 0 bridgehead atoms. The summed E-state index contributed by atoms with van der Waals surface area (Å²) in [5.74, 6) is 2.35. The van der Waals surface area contributed by atoms with E-state index in [0.29, 0.717) is 0 Å². The molecule has 0 atom stereocenters. The number of hydrogen-bond acceptors (Lipinski definition) is 4. The van der Waals surface area contributed by atoms with E-state index in [0.717, 1.165) is 33.9 Å². The average molecular weight is 269 g/mol. The van der Waals surface area contributed by atoms with Gasteiger partial charge in [-0.3, -0.25) is 4.98 Å². The SMILES string of the molecule is COc1ccc(OC)c(-c2nc3cnccc3n2C)c1. The van der Waals surface area contributed by atoms with E-state index in [9.17, 15) is 0 Å². The number of hydrogen-bond donors (Lipinski definition) is 0. The monoisotopic (exact) mass is 269 g/mol. The van der Waals surface area contributed by atoms with Crippen LogP contribution in [0.2, 0.25) is 0 Å². The van der Waals surface area contributed by atoms with Crippen molar-refractivity contribution in [3.63, 3.8) is 0 Å². The minimum atomic E-state index is 0.761. The molecule has 3 aromatic rings. The highest BCUT2D eigenvalue weighted by atomic mass is 16.5. The molecule has 1 aromatic carbocycles. The van der Waals surface area contributed by atoms with E-state index in [4.69, 9.17) is 9.47 Å². The van der Waals surface area contributed by atoms with Crippen molar-refractivity contribution in [3.8, 4) is 22.9 Å². The van der Waals surface area contributed by atoms with Crippen LogP contribution < -0.4 is 9.47 Å². The fraction of sp³-hybridized carbons (Fsp3) is 0.200. The maximum atomic E-state index is 5.43. The van der Waals surface area contributed by atoms with E-state index in [1.165, 1.54) is 0 Å². The molecule has 0 unspecified atom stereocenters. The van der Waals surface area contributed by atoms with Crippen LogP contribution in [-0.2, 0) is 7.05 Å². The number of rotatable bonds is 3. The number of aromatic nitrogens is 3. The Morgan fingerprint density at radius 3 is 2.65 bits per heavy atom. The van der Waals surface area contributed by atoms with Crippen molar-refractivity contribution in [2.24, 2.45) is 7.05 Å². The molecule has 0 amide bonds. The summed E-state index contributed by atoms with van der Waals surface area (Å²) in [5.41, 5.74) is 2.78. The molecular weight excluding hydrogens is 254 g/mol. The molecular formula is C15H15N3O2. The Morgan fingerprint density at radius 1 is 1.10 bits per heavy atom. The van der Waals surface area contributed by atoms with Crippen LogP contribution in [0.4, 0.5) is 0 Å². The predicted octanol–water partition coefficient (Wildman–Crippen LogP) is 2.65. The molecule has 3 rings (SSSR count). The number of fused-ring (bicyclic) bond motifs is 1. The number of ether oxygens (including phenoxy) is 2. The Hall–Kier alpha value is -2.56. The lowest BCUT2D eigenvalue weighted by Gasteiger charge is -2.10. The van der Waals surface area contributed by atoms with Crippen molar-refractivity contribution in [2.75, 3.05) is 14.2 Å². The fourth-order valence-corrected chi connectivity index (χ4v) is 2.28. The zero-order valence-electron chi connectivity index (χ0n) is 11.6. The van der Waals surface area contributed by atoms with Gasteiger partial charge in [0.05, 0.1) is 31.5 Å². The summed E-state index contributed by atoms with van der Waals surface area (Å²) in [6.07, 6.45) is 3.52. The smallest absolute Gasteiger partial charge is 0.144 e. The summed E-state index contributed by atoms with van der Waals surface area (Å²) in [4.78, 5) is 8.74. The van der Waals surface area contributed by atoms with Crippen LogP contribution in [0, 0.1) is 0 Å². The van der Waals surface area contributed by atoms with E-state index in [2.05, 4.69) is 9.97 Å². The first kappa shape index (κ1) is 12.5. The van der Waals surface area contributed by atoms with Crippen molar-refractivity contribution in [3.05, 3.63) is 36.7 Å². The van der Waals surface area contributed by atoms with Gasteiger partial charge in [0.2, 0.25) is 0 Å². The molecule has 0 aliphatic rings. The van der Waals surface area contributed by atoms with Gasteiger partial charge in [-0.2, -0.15) is 0 Å². The number of imidazole rings is 1. The van der Waals surface area contributed by atoms with Crippen LogP contribution in [0.5, 0.6) is 11.5 Å². The zero-order chi connectivity index (χ0) is 14.1. The average Bonchev–Trinajstić information content (AvgIpc) is 2.84. The van der Waals surface area contributed by atoms with Crippen molar-refractivity contribution in [1.82, 2.24) is 14.5 Å². The molecule has 2 heterocycles. The largest absolute Gasteiger partial charge is 0.497 e. The third kappa shape index (κ3) is 1.87. The van der Waals surface area contributed by atoms with Crippen LogP contribution in [0.1, 0.15) is 0 Å². The molecule has 0 saturated carbocycles. The molecule has 20 heavy (non-hydrogen) atoms. The van der Waals surface area contributed by atoms with Crippen molar-refractivity contribution in [1.29, 1.82) is 0 Å². The van der Waals surface area contributed by atoms with Gasteiger partial charge in [-0.1, -0.05) is 0 Å². The molecule has 5 nitrogen and oxygen atoms in total. The van der Waals surface area contributed by atoms with Crippen molar-refractivity contribution >= 4 is 11.0 Å². The third-order valence-corrected chi connectivity index (χ3v) is 3.33. The van der Waals surface area contributed by atoms with Gasteiger partial charge in [0.15, 0.2) is 0 Å².